The Morgan fingerprint density at radius 3 is 2.56 bits per heavy atom. The first-order valence-corrected chi connectivity index (χ1v) is 7.06. The first-order chi connectivity index (χ1) is 8.29. The molecule has 1 aromatic heterocycles. The summed E-state index contributed by atoms with van der Waals surface area (Å²) in [6.07, 6.45) is 1.37. The number of hydrogen-bond acceptors (Lipinski definition) is 5. The Kier molecular flexibility index (Phi) is 4.71. The molecule has 0 amide bonds. The zero-order valence-electron chi connectivity index (χ0n) is 11.0. The summed E-state index contributed by atoms with van der Waals surface area (Å²) >= 11 is 0. The Balaban J connectivity index is 3.01. The molecule has 1 atom stereocenters. The maximum Gasteiger partial charge on any atom is 0.260 e. The van der Waals surface area contributed by atoms with Crippen molar-refractivity contribution in [2.24, 2.45) is 13.0 Å². The SMILES string of the molecule is COCC(NS(=O)(=O)c1c(N)ncn1C)C(C)C. The van der Waals surface area contributed by atoms with Crippen molar-refractivity contribution in [3.63, 3.8) is 0 Å². The first kappa shape index (κ1) is 14.9. The van der Waals surface area contributed by atoms with Crippen LogP contribution in [-0.2, 0) is 21.8 Å². The van der Waals surface area contributed by atoms with E-state index in [9.17, 15) is 8.42 Å². The molecular formula is C10H20N4O3S. The molecule has 1 heterocycles. The van der Waals surface area contributed by atoms with Gasteiger partial charge in [0, 0.05) is 20.2 Å². The van der Waals surface area contributed by atoms with Crippen LogP contribution in [0.4, 0.5) is 5.82 Å². The molecule has 0 aliphatic rings. The highest BCUT2D eigenvalue weighted by Crippen LogP contribution is 2.16. The number of nitrogens with two attached hydrogens (primary N) is 1. The second-order valence-electron chi connectivity index (χ2n) is 4.47. The van der Waals surface area contributed by atoms with Gasteiger partial charge in [-0.05, 0) is 5.92 Å². The summed E-state index contributed by atoms with van der Waals surface area (Å²) in [5.74, 6) is 0.0964. The van der Waals surface area contributed by atoms with Crippen LogP contribution < -0.4 is 10.5 Å². The van der Waals surface area contributed by atoms with E-state index in [1.807, 2.05) is 13.8 Å². The number of aryl methyl sites for hydroxylation is 1. The molecule has 0 saturated heterocycles. The van der Waals surface area contributed by atoms with Crippen LogP contribution in [0, 0.1) is 5.92 Å². The van der Waals surface area contributed by atoms with Gasteiger partial charge >= 0.3 is 0 Å². The molecule has 0 radical (unpaired) electrons. The number of sulfonamides is 1. The lowest BCUT2D eigenvalue weighted by atomic mass is 10.1. The monoisotopic (exact) mass is 276 g/mol. The van der Waals surface area contributed by atoms with Crippen LogP contribution in [0.3, 0.4) is 0 Å². The van der Waals surface area contributed by atoms with E-state index in [2.05, 4.69) is 9.71 Å². The molecule has 0 fully saturated rings. The highest BCUT2D eigenvalue weighted by molar-refractivity contribution is 7.89. The van der Waals surface area contributed by atoms with Crippen molar-refractivity contribution >= 4 is 15.8 Å². The average Bonchev–Trinajstić information content (AvgIpc) is 2.58. The van der Waals surface area contributed by atoms with Gasteiger partial charge in [-0.2, -0.15) is 0 Å². The topological polar surface area (TPSA) is 99.2 Å². The molecule has 0 bridgehead atoms. The summed E-state index contributed by atoms with van der Waals surface area (Å²) in [7, 11) is -0.587. The summed E-state index contributed by atoms with van der Waals surface area (Å²) in [6.45, 7) is 4.13. The number of hydrogen-bond donors (Lipinski definition) is 2. The summed E-state index contributed by atoms with van der Waals surface area (Å²) in [5.41, 5.74) is 5.57. The van der Waals surface area contributed by atoms with Gasteiger partial charge < -0.3 is 15.0 Å². The number of methoxy groups -OCH3 is 1. The van der Waals surface area contributed by atoms with Gasteiger partial charge in [0.1, 0.15) is 0 Å². The van der Waals surface area contributed by atoms with Crippen LogP contribution in [0.5, 0.6) is 0 Å². The van der Waals surface area contributed by atoms with Gasteiger partial charge in [0.05, 0.1) is 12.9 Å². The number of rotatable bonds is 6. The smallest absolute Gasteiger partial charge is 0.260 e. The highest BCUT2D eigenvalue weighted by atomic mass is 32.2. The predicted octanol–water partition coefficient (Wildman–Crippen LogP) is -0.0484. The zero-order valence-corrected chi connectivity index (χ0v) is 11.9. The van der Waals surface area contributed by atoms with E-state index < -0.39 is 10.0 Å². The van der Waals surface area contributed by atoms with Crippen molar-refractivity contribution in [3.8, 4) is 0 Å². The minimum atomic E-state index is -3.70. The predicted molar refractivity (Wildman–Crippen MR) is 68.4 cm³/mol. The average molecular weight is 276 g/mol. The number of nitrogen functional groups attached to an aromatic ring is 1. The van der Waals surface area contributed by atoms with Crippen LogP contribution >= 0.6 is 0 Å². The molecule has 7 nitrogen and oxygen atoms in total. The van der Waals surface area contributed by atoms with Crippen LogP contribution in [0.15, 0.2) is 11.4 Å². The zero-order chi connectivity index (χ0) is 13.9. The van der Waals surface area contributed by atoms with Gasteiger partial charge in [-0.1, -0.05) is 13.8 Å². The fraction of sp³-hybridized carbons (Fsp3) is 0.700. The third-order valence-electron chi connectivity index (χ3n) is 2.62. The largest absolute Gasteiger partial charge is 0.383 e. The Hall–Kier alpha value is -1.12. The van der Waals surface area contributed by atoms with E-state index >= 15 is 0 Å². The second kappa shape index (κ2) is 5.68. The number of nitrogens with zero attached hydrogens (tertiary/aromatic N) is 2. The van der Waals surface area contributed by atoms with E-state index in [1.165, 1.54) is 18.0 Å². The first-order valence-electron chi connectivity index (χ1n) is 5.57. The van der Waals surface area contributed by atoms with Crippen molar-refractivity contribution in [1.82, 2.24) is 14.3 Å². The number of aromatic nitrogens is 2. The Labute approximate surface area is 107 Å². The standard InChI is InChI=1S/C10H20N4O3S/c1-7(2)8(5-17-4)13-18(15,16)10-9(11)12-6-14(10)3/h6-8,13H,5,11H2,1-4H3. The highest BCUT2D eigenvalue weighted by Gasteiger charge is 2.27. The van der Waals surface area contributed by atoms with Gasteiger partial charge in [0.2, 0.25) is 0 Å². The van der Waals surface area contributed by atoms with Crippen molar-refractivity contribution in [1.29, 1.82) is 0 Å². The number of ether oxygens (including phenoxy) is 1. The van der Waals surface area contributed by atoms with Gasteiger partial charge in [-0.3, -0.25) is 0 Å². The minimum Gasteiger partial charge on any atom is -0.383 e. The third-order valence-corrected chi connectivity index (χ3v) is 4.24. The van der Waals surface area contributed by atoms with Gasteiger partial charge in [-0.15, -0.1) is 0 Å². The third kappa shape index (κ3) is 3.21. The van der Waals surface area contributed by atoms with Crippen molar-refractivity contribution in [2.45, 2.75) is 24.9 Å². The van der Waals surface area contributed by atoms with Gasteiger partial charge in [0.25, 0.3) is 10.0 Å². The molecule has 3 N–H and O–H groups in total. The number of anilines is 1. The van der Waals surface area contributed by atoms with Crippen LogP contribution in [0.1, 0.15) is 13.8 Å². The quantitative estimate of drug-likeness (QED) is 0.759. The van der Waals surface area contributed by atoms with Crippen LogP contribution in [0.2, 0.25) is 0 Å². The van der Waals surface area contributed by atoms with Crippen LogP contribution in [0.25, 0.3) is 0 Å². The molecule has 8 heteroatoms. The minimum absolute atomic E-state index is 0.00933. The molecule has 1 unspecified atom stereocenters. The molecular weight excluding hydrogens is 256 g/mol. The Morgan fingerprint density at radius 1 is 1.56 bits per heavy atom. The maximum atomic E-state index is 12.2. The van der Waals surface area contributed by atoms with Crippen molar-refractivity contribution in [3.05, 3.63) is 6.33 Å². The number of nitrogens with one attached hydrogen (secondary N) is 1. The van der Waals surface area contributed by atoms with E-state index in [1.54, 1.807) is 7.05 Å². The lowest BCUT2D eigenvalue weighted by Crippen LogP contribution is -2.42. The number of imidazole rings is 1. The maximum absolute atomic E-state index is 12.2. The normalized spacial score (nSPS) is 14.1. The molecule has 0 spiro atoms. The molecule has 1 aromatic rings. The molecule has 0 aliphatic heterocycles. The molecule has 0 aliphatic carbocycles. The van der Waals surface area contributed by atoms with Gasteiger partial charge in [-0.25, -0.2) is 18.1 Å². The van der Waals surface area contributed by atoms with Crippen LogP contribution in [-0.4, -0.2) is 37.7 Å². The molecule has 0 aromatic carbocycles. The molecule has 0 saturated carbocycles. The lowest BCUT2D eigenvalue weighted by molar-refractivity contribution is 0.157. The van der Waals surface area contributed by atoms with E-state index in [0.717, 1.165) is 0 Å². The van der Waals surface area contributed by atoms with E-state index in [0.29, 0.717) is 6.61 Å². The van der Waals surface area contributed by atoms with Gasteiger partial charge in [0.15, 0.2) is 10.8 Å². The Morgan fingerprint density at radius 2 is 2.17 bits per heavy atom. The molecule has 104 valence electrons. The fourth-order valence-corrected chi connectivity index (χ4v) is 3.17. The fourth-order valence-electron chi connectivity index (χ4n) is 1.56. The summed E-state index contributed by atoms with van der Waals surface area (Å²) in [5, 5.41) is -0.0238. The lowest BCUT2D eigenvalue weighted by Gasteiger charge is -2.21. The van der Waals surface area contributed by atoms with Crippen molar-refractivity contribution in [2.75, 3.05) is 19.5 Å². The molecule has 1 rings (SSSR count). The van der Waals surface area contributed by atoms with E-state index in [-0.39, 0.29) is 22.8 Å². The Bertz CT molecular complexity index is 476. The van der Waals surface area contributed by atoms with Crippen molar-refractivity contribution < 1.29 is 13.2 Å². The van der Waals surface area contributed by atoms with E-state index in [4.69, 9.17) is 10.5 Å². The molecule has 18 heavy (non-hydrogen) atoms. The summed E-state index contributed by atoms with van der Waals surface area (Å²) in [4.78, 5) is 3.77. The summed E-state index contributed by atoms with van der Waals surface area (Å²) in [6, 6.07) is -0.311. The second-order valence-corrected chi connectivity index (χ2v) is 6.10. The summed E-state index contributed by atoms with van der Waals surface area (Å²) < 4.78 is 33.4.